The van der Waals surface area contributed by atoms with Crippen LogP contribution in [0.5, 0.6) is 5.75 Å². The lowest BCUT2D eigenvalue weighted by atomic mass is 10.0. The highest BCUT2D eigenvalue weighted by Crippen LogP contribution is 2.16. The largest absolute Gasteiger partial charge is 0.497 e. The second kappa shape index (κ2) is 9.06. The molecule has 1 heterocycles. The molecule has 0 unspecified atom stereocenters. The number of rotatable bonds is 6. The molecule has 3 rings (SSSR count). The molecule has 1 aliphatic rings. The first-order chi connectivity index (χ1) is 12.6. The van der Waals surface area contributed by atoms with Gasteiger partial charge < -0.3 is 10.1 Å². The molecule has 1 fully saturated rings. The summed E-state index contributed by atoms with van der Waals surface area (Å²) in [5.74, 6) is 0.897. The number of benzene rings is 2. The lowest BCUT2D eigenvalue weighted by molar-refractivity contribution is -0.121. The third-order valence-corrected chi connectivity index (χ3v) is 5.05. The van der Waals surface area contributed by atoms with Crippen LogP contribution in [-0.4, -0.2) is 37.0 Å². The topological polar surface area (TPSA) is 41.6 Å². The number of piperidine rings is 1. The molecule has 1 aliphatic heterocycles. The molecule has 1 N–H and O–H groups in total. The van der Waals surface area contributed by atoms with Crippen LogP contribution >= 0.6 is 11.6 Å². The van der Waals surface area contributed by atoms with E-state index in [-0.39, 0.29) is 11.9 Å². The van der Waals surface area contributed by atoms with Gasteiger partial charge >= 0.3 is 0 Å². The monoisotopic (exact) mass is 372 g/mol. The number of hydrogen-bond acceptors (Lipinski definition) is 3. The molecule has 0 spiro atoms. The van der Waals surface area contributed by atoms with Gasteiger partial charge in [0.15, 0.2) is 0 Å². The van der Waals surface area contributed by atoms with Crippen molar-refractivity contribution in [2.45, 2.75) is 31.8 Å². The number of nitrogens with one attached hydrogen (secondary N) is 1. The predicted molar refractivity (Wildman–Crippen MR) is 105 cm³/mol. The Hall–Kier alpha value is -2.04. The van der Waals surface area contributed by atoms with Crippen LogP contribution < -0.4 is 10.1 Å². The summed E-state index contributed by atoms with van der Waals surface area (Å²) in [6.07, 6.45) is 2.39. The summed E-state index contributed by atoms with van der Waals surface area (Å²) in [4.78, 5) is 14.7. The first kappa shape index (κ1) is 18.7. The number of halogens is 1. The van der Waals surface area contributed by atoms with E-state index in [2.05, 4.69) is 22.3 Å². The fraction of sp³-hybridized carbons (Fsp3) is 0.381. The standard InChI is InChI=1S/C21H25ClN2O2/c1-26-20-8-4-16(5-9-20)14-21(25)23-19-10-12-24(13-11-19)15-17-2-6-18(22)7-3-17/h2-9,19H,10-15H2,1H3,(H,23,25). The minimum atomic E-state index is 0.0892. The fourth-order valence-electron chi connectivity index (χ4n) is 3.29. The number of likely N-dealkylation sites (tertiary alicyclic amines) is 1. The third kappa shape index (κ3) is 5.48. The Morgan fingerprint density at radius 3 is 2.31 bits per heavy atom. The van der Waals surface area contributed by atoms with Gasteiger partial charge in [-0.2, -0.15) is 0 Å². The lowest BCUT2D eigenvalue weighted by Crippen LogP contribution is -2.44. The molecular formula is C21H25ClN2O2. The number of methoxy groups -OCH3 is 1. The summed E-state index contributed by atoms with van der Waals surface area (Å²) >= 11 is 5.94. The van der Waals surface area contributed by atoms with Crippen molar-refractivity contribution in [2.24, 2.45) is 0 Å². The zero-order valence-electron chi connectivity index (χ0n) is 15.1. The maximum absolute atomic E-state index is 12.3. The van der Waals surface area contributed by atoms with E-state index in [1.807, 2.05) is 36.4 Å². The second-order valence-corrected chi connectivity index (χ2v) is 7.21. The van der Waals surface area contributed by atoms with Crippen LogP contribution in [0, 0.1) is 0 Å². The summed E-state index contributed by atoms with van der Waals surface area (Å²) in [6.45, 7) is 2.93. The molecule has 5 heteroatoms. The molecule has 1 saturated heterocycles. The Kier molecular flexibility index (Phi) is 6.53. The molecule has 0 aliphatic carbocycles. The van der Waals surface area contributed by atoms with Gasteiger partial charge in [0.2, 0.25) is 5.91 Å². The molecule has 0 aromatic heterocycles. The van der Waals surface area contributed by atoms with Gasteiger partial charge in [0.25, 0.3) is 0 Å². The summed E-state index contributed by atoms with van der Waals surface area (Å²) in [5.41, 5.74) is 2.28. The highest BCUT2D eigenvalue weighted by Gasteiger charge is 2.20. The Morgan fingerprint density at radius 2 is 1.69 bits per heavy atom. The molecule has 1 amide bonds. The minimum Gasteiger partial charge on any atom is -0.497 e. The molecule has 4 nitrogen and oxygen atoms in total. The average Bonchev–Trinajstić information content (AvgIpc) is 2.66. The van der Waals surface area contributed by atoms with Crippen LogP contribution in [0.15, 0.2) is 48.5 Å². The Morgan fingerprint density at radius 1 is 1.08 bits per heavy atom. The van der Waals surface area contributed by atoms with Crippen molar-refractivity contribution in [2.75, 3.05) is 20.2 Å². The average molecular weight is 373 g/mol. The van der Waals surface area contributed by atoms with Crippen molar-refractivity contribution in [1.29, 1.82) is 0 Å². The van der Waals surface area contributed by atoms with Crippen molar-refractivity contribution in [3.63, 3.8) is 0 Å². The summed E-state index contributed by atoms with van der Waals surface area (Å²) in [6, 6.07) is 15.9. The fourth-order valence-corrected chi connectivity index (χ4v) is 3.42. The van der Waals surface area contributed by atoms with Gasteiger partial charge in [-0.1, -0.05) is 35.9 Å². The Labute approximate surface area is 160 Å². The van der Waals surface area contributed by atoms with Crippen LogP contribution in [0.4, 0.5) is 0 Å². The molecule has 0 radical (unpaired) electrons. The van der Waals surface area contributed by atoms with E-state index < -0.39 is 0 Å². The van der Waals surface area contributed by atoms with Gasteiger partial charge in [-0.15, -0.1) is 0 Å². The number of carbonyl (C=O) groups excluding carboxylic acids is 1. The zero-order chi connectivity index (χ0) is 18.4. The summed E-state index contributed by atoms with van der Waals surface area (Å²) in [7, 11) is 1.64. The van der Waals surface area contributed by atoms with Crippen LogP contribution in [0.25, 0.3) is 0 Å². The number of hydrogen-bond donors (Lipinski definition) is 1. The number of nitrogens with zero attached hydrogens (tertiary/aromatic N) is 1. The highest BCUT2D eigenvalue weighted by atomic mass is 35.5. The minimum absolute atomic E-state index is 0.0892. The third-order valence-electron chi connectivity index (χ3n) is 4.80. The van der Waals surface area contributed by atoms with E-state index in [0.29, 0.717) is 6.42 Å². The van der Waals surface area contributed by atoms with Gasteiger partial charge in [-0.3, -0.25) is 9.69 Å². The smallest absolute Gasteiger partial charge is 0.224 e. The van der Waals surface area contributed by atoms with Crippen molar-refractivity contribution >= 4 is 17.5 Å². The summed E-state index contributed by atoms with van der Waals surface area (Å²) in [5, 5.41) is 3.94. The Balaban J connectivity index is 1.41. The van der Waals surface area contributed by atoms with Gasteiger partial charge in [0.05, 0.1) is 13.5 Å². The van der Waals surface area contributed by atoms with Crippen molar-refractivity contribution in [1.82, 2.24) is 10.2 Å². The maximum Gasteiger partial charge on any atom is 0.224 e. The SMILES string of the molecule is COc1ccc(CC(=O)NC2CCN(Cc3ccc(Cl)cc3)CC2)cc1. The second-order valence-electron chi connectivity index (χ2n) is 6.77. The molecule has 26 heavy (non-hydrogen) atoms. The molecule has 2 aromatic rings. The zero-order valence-corrected chi connectivity index (χ0v) is 15.8. The quantitative estimate of drug-likeness (QED) is 0.841. The van der Waals surface area contributed by atoms with Crippen molar-refractivity contribution in [3.05, 3.63) is 64.7 Å². The number of carbonyl (C=O) groups is 1. The molecule has 2 aromatic carbocycles. The van der Waals surface area contributed by atoms with Gasteiger partial charge in [0.1, 0.15) is 5.75 Å². The molecule has 0 atom stereocenters. The van der Waals surface area contributed by atoms with Crippen LogP contribution in [0.3, 0.4) is 0 Å². The maximum atomic E-state index is 12.3. The molecule has 138 valence electrons. The first-order valence-electron chi connectivity index (χ1n) is 9.01. The molecular weight excluding hydrogens is 348 g/mol. The first-order valence-corrected chi connectivity index (χ1v) is 9.39. The predicted octanol–water partition coefficient (Wildman–Crippen LogP) is 3.67. The van der Waals surface area contributed by atoms with E-state index in [9.17, 15) is 4.79 Å². The normalized spacial score (nSPS) is 15.6. The van der Waals surface area contributed by atoms with E-state index >= 15 is 0 Å². The Bertz CT molecular complexity index is 708. The summed E-state index contributed by atoms with van der Waals surface area (Å²) < 4.78 is 5.14. The van der Waals surface area contributed by atoms with Crippen LogP contribution in [0.2, 0.25) is 5.02 Å². The van der Waals surface area contributed by atoms with Crippen molar-refractivity contribution in [3.8, 4) is 5.75 Å². The molecule has 0 bridgehead atoms. The van der Waals surface area contributed by atoms with E-state index in [1.165, 1.54) is 5.56 Å². The van der Waals surface area contributed by atoms with Gasteiger partial charge in [0, 0.05) is 30.7 Å². The number of ether oxygens (including phenoxy) is 1. The molecule has 0 saturated carbocycles. The van der Waals surface area contributed by atoms with Crippen LogP contribution in [0.1, 0.15) is 24.0 Å². The highest BCUT2D eigenvalue weighted by molar-refractivity contribution is 6.30. The van der Waals surface area contributed by atoms with Crippen LogP contribution in [-0.2, 0) is 17.8 Å². The van der Waals surface area contributed by atoms with E-state index in [4.69, 9.17) is 16.3 Å². The van der Waals surface area contributed by atoms with E-state index in [1.54, 1.807) is 7.11 Å². The van der Waals surface area contributed by atoms with Gasteiger partial charge in [-0.25, -0.2) is 0 Å². The lowest BCUT2D eigenvalue weighted by Gasteiger charge is -2.32. The van der Waals surface area contributed by atoms with Gasteiger partial charge in [-0.05, 0) is 48.2 Å². The van der Waals surface area contributed by atoms with Crippen molar-refractivity contribution < 1.29 is 9.53 Å². The van der Waals surface area contributed by atoms with E-state index in [0.717, 1.165) is 48.8 Å². The number of amides is 1.